The van der Waals surface area contributed by atoms with Gasteiger partial charge in [0.1, 0.15) is 0 Å². The monoisotopic (exact) mass is 1190 g/mol. The van der Waals surface area contributed by atoms with Gasteiger partial charge in [0, 0.05) is 7.11 Å². The Hall–Kier alpha value is -1.03. The molecule has 8 heteroatoms. The number of aliphatic hydroxyl groups is 5. The van der Waals surface area contributed by atoms with Gasteiger partial charge < -0.3 is 25.5 Å². The Kier molecular flexibility index (Phi) is 22.5. The van der Waals surface area contributed by atoms with Crippen molar-refractivity contribution in [2.24, 2.45) is 104 Å². The van der Waals surface area contributed by atoms with Crippen LogP contribution in [-0.4, -0.2) is 68.7 Å². The van der Waals surface area contributed by atoms with Gasteiger partial charge in [0.05, 0.1) is 32.5 Å². The van der Waals surface area contributed by atoms with E-state index in [9.17, 15) is 28.8 Å². The second-order valence-corrected chi connectivity index (χ2v) is 36.1. The van der Waals surface area contributed by atoms with Crippen LogP contribution < -0.4 is 0 Å². The summed E-state index contributed by atoms with van der Waals surface area (Å²) in [5, 5.41) is 51.6. The minimum absolute atomic E-state index is 0. The van der Waals surface area contributed by atoms with Crippen LogP contribution in [0, 0.1) is 104 Å². The maximum atomic E-state index is 14.5. The van der Waals surface area contributed by atoms with Gasteiger partial charge >= 0.3 is 0 Å². The van der Waals surface area contributed by atoms with E-state index < -0.39 is 37.5 Å². The summed E-state index contributed by atoms with van der Waals surface area (Å²) in [5.41, 5.74) is -0.0800. The summed E-state index contributed by atoms with van der Waals surface area (Å²) < 4.78 is 29.1. The summed E-state index contributed by atoms with van der Waals surface area (Å²) >= 11 is 0. The molecule has 10 saturated carbocycles. The van der Waals surface area contributed by atoms with Gasteiger partial charge in [-0.1, -0.05) is 123 Å². The lowest BCUT2D eigenvalue weighted by Gasteiger charge is -2.62. The van der Waals surface area contributed by atoms with Crippen molar-refractivity contribution in [3.05, 3.63) is 30.3 Å². The van der Waals surface area contributed by atoms with Crippen molar-refractivity contribution < 1.29 is 34.0 Å². The van der Waals surface area contributed by atoms with Crippen molar-refractivity contribution in [3.8, 4) is 0 Å². The first-order valence-electron chi connectivity index (χ1n) is 34.5. The van der Waals surface area contributed by atoms with Gasteiger partial charge in [-0.05, 0) is 316 Å². The van der Waals surface area contributed by atoms with Crippen LogP contribution in [0.15, 0.2) is 35.2 Å². The largest absolute Gasteiger partial charge is 0.400 e. The van der Waals surface area contributed by atoms with E-state index in [-0.39, 0.29) is 39.0 Å². The zero-order valence-corrected chi connectivity index (χ0v) is 55.1. The van der Waals surface area contributed by atoms with Crippen LogP contribution in [-0.2, 0) is 9.84 Å². The Morgan fingerprint density at radius 2 is 0.881 bits per heavy atom. The van der Waals surface area contributed by atoms with Crippen LogP contribution in [0.1, 0.15) is 304 Å². The Bertz CT molecular complexity index is 2360. The van der Waals surface area contributed by atoms with E-state index in [0.29, 0.717) is 69.5 Å². The lowest BCUT2D eigenvalue weighted by atomic mass is 9.43. The summed E-state index contributed by atoms with van der Waals surface area (Å²) in [7, 11) is -2.62. The second kappa shape index (κ2) is 26.3. The van der Waals surface area contributed by atoms with Gasteiger partial charge in [-0.3, -0.25) is 0 Å². The molecule has 0 amide bonds. The maximum Gasteiger partial charge on any atom is 0.181 e. The number of fused-ring (bicyclic) bond motifs is 10. The van der Waals surface area contributed by atoms with E-state index in [2.05, 4.69) is 76.2 Å². The molecule has 0 spiro atoms. The molecule has 0 bridgehead atoms. The second-order valence-electron chi connectivity index (χ2n) is 33.9. The summed E-state index contributed by atoms with van der Waals surface area (Å²) in [4.78, 5) is 0.414. The highest BCUT2D eigenvalue weighted by Gasteiger charge is 2.64. The van der Waals surface area contributed by atoms with Gasteiger partial charge in [0.2, 0.25) is 0 Å². The van der Waals surface area contributed by atoms with Crippen LogP contribution in [0.5, 0.6) is 0 Å². The third-order valence-corrected chi connectivity index (χ3v) is 31.9. The molecule has 19 atom stereocenters. The molecular formula is C76H136O7S. The summed E-state index contributed by atoms with van der Waals surface area (Å²) in [5.74, 6) is 8.10. The highest BCUT2D eigenvalue weighted by atomic mass is 32.2. The molecular weight excluding hydrogens is 1060 g/mol. The van der Waals surface area contributed by atoms with Crippen LogP contribution in [0.3, 0.4) is 0 Å². The molecule has 0 aromatic heterocycles. The smallest absolute Gasteiger partial charge is 0.181 e. The zero-order chi connectivity index (χ0) is 59.0. The first kappa shape index (κ1) is 72.0. The van der Waals surface area contributed by atoms with Crippen LogP contribution >= 0.6 is 0 Å². The standard InChI is InChI=1S/C39H62O4S.C33H58O2.CH4O.3CH4/c1-7-35(3)19-23-39(41,24-20-35)26-34(44(42,43)29-11-9-8-10-12-29)27(2)31-15-16-32-30-14-13-28-25-36(4,40)21-22-37(28,5)33(30)17-18-38(31,32)6;1-7-29(3)16-20-33(35,21-17-29)15-12-23(2)26-10-11-27-25-9-8-24-22-30(4,34)18-19-31(24,5)28(25)13-14-32(26,27)6;1-2;;;/h8-12,27-28,30-34,40-41H,7,13-26H2,1-6H3;23-28,34-35H,7-22H2,1-6H3;2H,1H3;3*1H4/t27-,28-,30-,31+,32-,33-,34?,35?,36-,37-,38+,39?;23-,24+,25+,26-,27+,28+,29?,30+,31+,32-,33?;;;;/m01..../s1. The topological polar surface area (TPSA) is 135 Å². The number of sulfone groups is 1. The number of rotatable bonds is 12. The van der Waals surface area contributed by atoms with Crippen LogP contribution in [0.4, 0.5) is 0 Å². The molecule has 11 rings (SSSR count). The number of hydrogen-bond donors (Lipinski definition) is 5. The van der Waals surface area contributed by atoms with Gasteiger partial charge in [0.15, 0.2) is 9.84 Å². The van der Waals surface area contributed by atoms with E-state index in [1.54, 1.807) is 12.1 Å². The minimum Gasteiger partial charge on any atom is -0.400 e. The fourth-order valence-corrected chi connectivity index (χ4v) is 25.4. The minimum atomic E-state index is -3.62. The van der Waals surface area contributed by atoms with E-state index in [1.165, 1.54) is 103 Å². The number of aliphatic hydroxyl groups excluding tert-OH is 1. The van der Waals surface area contributed by atoms with Crippen molar-refractivity contribution in [1.82, 2.24) is 0 Å². The van der Waals surface area contributed by atoms with Crippen molar-refractivity contribution in [3.63, 3.8) is 0 Å². The third kappa shape index (κ3) is 13.5. The highest BCUT2D eigenvalue weighted by Crippen LogP contribution is 2.71. The zero-order valence-electron chi connectivity index (χ0n) is 54.3. The van der Waals surface area contributed by atoms with Gasteiger partial charge in [-0.15, -0.1) is 0 Å². The summed E-state index contributed by atoms with van der Waals surface area (Å²) in [6.07, 6.45) is 34.8. The Balaban J connectivity index is 0.000000258. The van der Waals surface area contributed by atoms with E-state index in [4.69, 9.17) is 5.11 Å². The summed E-state index contributed by atoms with van der Waals surface area (Å²) in [6.45, 7) is 28.6. The lowest BCUT2D eigenvalue weighted by molar-refractivity contribution is -0.148. The quantitative estimate of drug-likeness (QED) is 0.141. The van der Waals surface area contributed by atoms with Crippen LogP contribution in [0.25, 0.3) is 0 Å². The molecule has 5 N–H and O–H groups in total. The molecule has 0 heterocycles. The first-order valence-corrected chi connectivity index (χ1v) is 36.1. The number of benzene rings is 1. The fraction of sp³-hybridized carbons (Fsp3) is 0.921. The summed E-state index contributed by atoms with van der Waals surface area (Å²) in [6, 6.07) is 9.10. The van der Waals surface area contributed by atoms with Crippen molar-refractivity contribution in [2.45, 2.75) is 337 Å². The molecule has 84 heavy (non-hydrogen) atoms. The Morgan fingerprint density at radius 1 is 0.476 bits per heavy atom. The predicted molar refractivity (Wildman–Crippen MR) is 353 cm³/mol. The molecule has 10 fully saturated rings. The third-order valence-electron chi connectivity index (χ3n) is 29.6. The van der Waals surface area contributed by atoms with E-state index >= 15 is 0 Å². The molecule has 0 saturated heterocycles. The maximum absolute atomic E-state index is 14.5. The van der Waals surface area contributed by atoms with Gasteiger partial charge in [0.25, 0.3) is 0 Å². The predicted octanol–water partition coefficient (Wildman–Crippen LogP) is 19.0. The van der Waals surface area contributed by atoms with Crippen molar-refractivity contribution in [2.75, 3.05) is 7.11 Å². The molecule has 1 aromatic rings. The van der Waals surface area contributed by atoms with Crippen molar-refractivity contribution in [1.29, 1.82) is 0 Å². The first-order chi connectivity index (χ1) is 37.9. The molecule has 488 valence electrons. The molecule has 1 aromatic carbocycles. The van der Waals surface area contributed by atoms with Crippen molar-refractivity contribution >= 4 is 9.84 Å². The fourth-order valence-electron chi connectivity index (χ4n) is 23.2. The lowest BCUT2D eigenvalue weighted by Crippen LogP contribution is -2.56. The molecule has 0 radical (unpaired) electrons. The SMILES string of the molecule is C.C.C.CCC1(C)CCC(O)(CC([C@@H](C)[C@H]2CC[C@H]3[C@@H]4CC[C@H]5C[C@@](C)(O)CC[C@]5(C)[C@H]4CC[C@]23C)S(=O)(=O)c2ccccc2)CC1.CCC1(C)CCC(O)(CC[C@@H](C)[C@H]2CC[C@H]3[C@@H]4CC[C@H]5C[C@@](C)(O)CC[C@]5(C)[C@H]4CC[C@]23C)CC1.CO. The highest BCUT2D eigenvalue weighted by molar-refractivity contribution is 7.92. The molecule has 10 aliphatic rings. The Labute approximate surface area is 519 Å². The average molecular weight is 1190 g/mol. The Morgan fingerprint density at radius 3 is 1.32 bits per heavy atom. The average Bonchev–Trinajstić information content (AvgIpc) is 1.37. The number of hydrogen-bond acceptors (Lipinski definition) is 7. The van der Waals surface area contributed by atoms with E-state index in [0.717, 1.165) is 126 Å². The molecule has 0 aliphatic heterocycles. The molecule has 7 nitrogen and oxygen atoms in total. The normalized spacial score (nSPS) is 47.7. The van der Waals surface area contributed by atoms with E-state index in [1.807, 2.05) is 25.1 Å². The van der Waals surface area contributed by atoms with Gasteiger partial charge in [-0.2, -0.15) is 0 Å². The van der Waals surface area contributed by atoms with Gasteiger partial charge in [-0.25, -0.2) is 8.42 Å². The molecule has 1 unspecified atom stereocenters. The van der Waals surface area contributed by atoms with Crippen LogP contribution in [0.2, 0.25) is 0 Å². The molecule has 10 aliphatic carbocycles.